The maximum atomic E-state index is 12.3. The first-order chi connectivity index (χ1) is 9.11. The number of carboxylic acid groups (broad SMARTS) is 1. The number of amides is 1. The van der Waals surface area contributed by atoms with Crippen LogP contribution >= 0.6 is 0 Å². The molecule has 0 aliphatic rings. The summed E-state index contributed by atoms with van der Waals surface area (Å²) in [6, 6.07) is 7.69. The minimum atomic E-state index is -1.06. The number of carboxylic acids is 1. The third kappa shape index (κ3) is 4.06. The Morgan fingerprint density at radius 1 is 1.26 bits per heavy atom. The van der Waals surface area contributed by atoms with Crippen molar-refractivity contribution in [2.75, 3.05) is 19.8 Å². The van der Waals surface area contributed by atoms with E-state index in [0.29, 0.717) is 18.7 Å². The van der Waals surface area contributed by atoms with Gasteiger partial charge in [-0.2, -0.15) is 0 Å². The quantitative estimate of drug-likeness (QED) is 0.813. The molecule has 1 N–H and O–H groups in total. The van der Waals surface area contributed by atoms with Gasteiger partial charge in [0.2, 0.25) is 0 Å². The Hall–Kier alpha value is -1.88. The largest absolute Gasteiger partial charge is 0.480 e. The van der Waals surface area contributed by atoms with E-state index in [0.717, 1.165) is 0 Å². The molecule has 0 aliphatic heterocycles. The van der Waals surface area contributed by atoms with Crippen molar-refractivity contribution in [1.82, 2.24) is 4.90 Å². The second-order valence-electron chi connectivity index (χ2n) is 3.97. The fraction of sp³-hybridized carbons (Fsp3) is 0.429. The lowest BCUT2D eigenvalue weighted by Crippen LogP contribution is -2.47. The zero-order valence-electron chi connectivity index (χ0n) is 11.2. The molecule has 1 rings (SSSR count). The van der Waals surface area contributed by atoms with Gasteiger partial charge in [-0.1, -0.05) is 18.2 Å². The van der Waals surface area contributed by atoms with E-state index >= 15 is 0 Å². The maximum absolute atomic E-state index is 12.3. The molecule has 0 saturated heterocycles. The minimum Gasteiger partial charge on any atom is -0.480 e. The molecule has 0 aliphatic carbocycles. The van der Waals surface area contributed by atoms with Gasteiger partial charge in [0.25, 0.3) is 5.91 Å². The molecule has 1 aromatic carbocycles. The van der Waals surface area contributed by atoms with Crippen LogP contribution in [0.2, 0.25) is 0 Å². The first-order valence-corrected chi connectivity index (χ1v) is 6.28. The normalized spacial score (nSPS) is 11.9. The van der Waals surface area contributed by atoms with E-state index in [-0.39, 0.29) is 12.5 Å². The number of hydrogen-bond donors (Lipinski definition) is 1. The van der Waals surface area contributed by atoms with Crippen molar-refractivity contribution >= 4 is 11.9 Å². The van der Waals surface area contributed by atoms with Crippen LogP contribution in [0.1, 0.15) is 24.2 Å². The Kier molecular flexibility index (Phi) is 6.02. The van der Waals surface area contributed by atoms with E-state index in [4.69, 9.17) is 4.74 Å². The lowest BCUT2D eigenvalue weighted by Gasteiger charge is -2.27. The van der Waals surface area contributed by atoms with E-state index in [1.165, 1.54) is 4.90 Å². The van der Waals surface area contributed by atoms with Gasteiger partial charge in [0.1, 0.15) is 0 Å². The van der Waals surface area contributed by atoms with Gasteiger partial charge in [-0.25, -0.2) is 4.79 Å². The number of hydrogen-bond acceptors (Lipinski definition) is 3. The van der Waals surface area contributed by atoms with Gasteiger partial charge < -0.3 is 14.7 Å². The van der Waals surface area contributed by atoms with Crippen LogP contribution in [0, 0.1) is 0 Å². The van der Waals surface area contributed by atoms with Crippen LogP contribution < -0.4 is 0 Å². The van der Waals surface area contributed by atoms with Gasteiger partial charge in [-0.15, -0.1) is 0 Å². The van der Waals surface area contributed by atoms with Crippen LogP contribution in [0.4, 0.5) is 0 Å². The highest BCUT2D eigenvalue weighted by Crippen LogP contribution is 2.09. The number of aliphatic carboxylic acids is 1. The molecule has 5 heteroatoms. The summed E-state index contributed by atoms with van der Waals surface area (Å²) in [7, 11) is 0. The summed E-state index contributed by atoms with van der Waals surface area (Å²) in [5, 5.41) is 9.22. The molecular formula is C14H19NO4. The summed E-state index contributed by atoms with van der Waals surface area (Å²) >= 11 is 0. The Bertz CT molecular complexity index is 419. The highest BCUT2D eigenvalue weighted by molar-refractivity contribution is 5.96. The molecule has 0 bridgehead atoms. The molecule has 1 amide bonds. The topological polar surface area (TPSA) is 66.8 Å². The van der Waals surface area contributed by atoms with E-state index < -0.39 is 12.0 Å². The first kappa shape index (κ1) is 15.2. The number of carbonyl (C=O) groups excluding carboxylic acids is 1. The number of ether oxygens (including phenoxy) is 1. The smallest absolute Gasteiger partial charge is 0.328 e. The third-order valence-electron chi connectivity index (χ3n) is 2.76. The minimum absolute atomic E-state index is 0.00174. The second-order valence-corrected chi connectivity index (χ2v) is 3.97. The fourth-order valence-corrected chi connectivity index (χ4v) is 1.78. The average molecular weight is 265 g/mol. The molecule has 1 aromatic rings. The van der Waals surface area contributed by atoms with Crippen LogP contribution in [-0.4, -0.2) is 47.7 Å². The maximum Gasteiger partial charge on any atom is 0.328 e. The second kappa shape index (κ2) is 7.53. The molecule has 0 aromatic heterocycles. The zero-order chi connectivity index (χ0) is 14.3. The van der Waals surface area contributed by atoms with Gasteiger partial charge in [-0.3, -0.25) is 4.79 Å². The summed E-state index contributed by atoms with van der Waals surface area (Å²) in [5.74, 6) is -1.35. The highest BCUT2D eigenvalue weighted by Gasteiger charge is 2.29. The van der Waals surface area contributed by atoms with Crippen LogP contribution in [0.25, 0.3) is 0 Å². The summed E-state index contributed by atoms with van der Waals surface area (Å²) in [4.78, 5) is 24.9. The van der Waals surface area contributed by atoms with Crippen LogP contribution in [0.3, 0.4) is 0 Å². The van der Waals surface area contributed by atoms with Crippen molar-refractivity contribution in [1.29, 1.82) is 0 Å². The predicted octanol–water partition coefficient (Wildman–Crippen LogP) is 1.64. The third-order valence-corrected chi connectivity index (χ3v) is 2.76. The monoisotopic (exact) mass is 265 g/mol. The van der Waals surface area contributed by atoms with Gasteiger partial charge in [0.15, 0.2) is 6.04 Å². The molecule has 104 valence electrons. The van der Waals surface area contributed by atoms with E-state index in [1.807, 2.05) is 6.07 Å². The van der Waals surface area contributed by atoms with Crippen molar-refractivity contribution in [2.45, 2.75) is 19.9 Å². The fourth-order valence-electron chi connectivity index (χ4n) is 1.78. The molecule has 19 heavy (non-hydrogen) atoms. The standard InChI is InChI=1S/C14H19NO4/c1-3-15(12(14(17)18)10-19-4-2)13(16)11-8-6-5-7-9-11/h5-9,12H,3-4,10H2,1-2H3,(H,17,18). The summed E-state index contributed by atoms with van der Waals surface area (Å²) < 4.78 is 5.15. The van der Waals surface area contributed by atoms with Gasteiger partial charge in [0, 0.05) is 18.7 Å². The molecule has 1 unspecified atom stereocenters. The molecule has 0 spiro atoms. The lowest BCUT2D eigenvalue weighted by atomic mass is 10.1. The summed E-state index contributed by atoms with van der Waals surface area (Å²) in [6.45, 7) is 4.27. The van der Waals surface area contributed by atoms with Crippen LogP contribution in [-0.2, 0) is 9.53 Å². The molecular weight excluding hydrogens is 246 g/mol. The zero-order valence-corrected chi connectivity index (χ0v) is 11.2. The van der Waals surface area contributed by atoms with Crippen LogP contribution in [0.15, 0.2) is 30.3 Å². The molecule has 0 heterocycles. The number of nitrogens with zero attached hydrogens (tertiary/aromatic N) is 1. The van der Waals surface area contributed by atoms with Crippen molar-refractivity contribution in [3.8, 4) is 0 Å². The van der Waals surface area contributed by atoms with Gasteiger partial charge >= 0.3 is 5.97 Å². The van der Waals surface area contributed by atoms with E-state index in [9.17, 15) is 14.7 Å². The van der Waals surface area contributed by atoms with E-state index in [2.05, 4.69) is 0 Å². The summed E-state index contributed by atoms with van der Waals surface area (Å²) in [6.07, 6.45) is 0. The number of carbonyl (C=O) groups is 2. The van der Waals surface area contributed by atoms with Crippen molar-refractivity contribution in [3.63, 3.8) is 0 Å². The van der Waals surface area contributed by atoms with Gasteiger partial charge in [0.05, 0.1) is 6.61 Å². The molecule has 0 radical (unpaired) electrons. The van der Waals surface area contributed by atoms with Gasteiger partial charge in [-0.05, 0) is 26.0 Å². The van der Waals surface area contributed by atoms with Crippen molar-refractivity contribution < 1.29 is 19.4 Å². The lowest BCUT2D eigenvalue weighted by molar-refractivity contribution is -0.144. The molecule has 0 fully saturated rings. The Morgan fingerprint density at radius 3 is 2.37 bits per heavy atom. The average Bonchev–Trinajstić information content (AvgIpc) is 2.43. The Labute approximate surface area is 112 Å². The Morgan fingerprint density at radius 2 is 1.89 bits per heavy atom. The SMILES string of the molecule is CCOCC(C(=O)O)N(CC)C(=O)c1ccccc1. The highest BCUT2D eigenvalue weighted by atomic mass is 16.5. The number of rotatable bonds is 7. The molecule has 5 nitrogen and oxygen atoms in total. The van der Waals surface area contributed by atoms with Crippen molar-refractivity contribution in [2.24, 2.45) is 0 Å². The molecule has 0 saturated carbocycles. The van der Waals surface area contributed by atoms with Crippen molar-refractivity contribution in [3.05, 3.63) is 35.9 Å². The number of benzene rings is 1. The summed E-state index contributed by atoms with van der Waals surface area (Å²) in [5.41, 5.74) is 0.479. The molecule has 1 atom stereocenters. The predicted molar refractivity (Wildman–Crippen MR) is 71.1 cm³/mol. The van der Waals surface area contributed by atoms with Crippen LogP contribution in [0.5, 0.6) is 0 Å². The van der Waals surface area contributed by atoms with E-state index in [1.54, 1.807) is 38.1 Å². The number of likely N-dealkylation sites (N-methyl/N-ethyl adjacent to an activating group) is 1. The Balaban J connectivity index is 2.90. The first-order valence-electron chi connectivity index (χ1n) is 6.28.